The second-order valence-corrected chi connectivity index (χ2v) is 6.64. The average Bonchev–Trinajstić information content (AvgIpc) is 2.59. The number of hydrogen-bond donors (Lipinski definition) is 2. The smallest absolute Gasteiger partial charge is 0.269 e. The SMILES string of the molecule is O=C(N[C@@H]1c2cc([N+](=O)[O-])ccc2CC[C@H]1O)c1ccc(Cl)c(Cl)c1. The molecule has 6 nitrogen and oxygen atoms in total. The van der Waals surface area contributed by atoms with E-state index in [4.69, 9.17) is 23.2 Å². The molecule has 130 valence electrons. The van der Waals surface area contributed by atoms with E-state index in [-0.39, 0.29) is 10.7 Å². The summed E-state index contributed by atoms with van der Waals surface area (Å²) in [5.41, 5.74) is 1.64. The van der Waals surface area contributed by atoms with Crippen molar-refractivity contribution in [2.24, 2.45) is 0 Å². The first-order valence-corrected chi connectivity index (χ1v) is 8.33. The van der Waals surface area contributed by atoms with Gasteiger partial charge in [0.05, 0.1) is 27.1 Å². The zero-order chi connectivity index (χ0) is 18.1. The Bertz CT molecular complexity index is 857. The third-order valence-corrected chi connectivity index (χ3v) is 4.98. The van der Waals surface area contributed by atoms with Crippen molar-refractivity contribution in [3.63, 3.8) is 0 Å². The van der Waals surface area contributed by atoms with Gasteiger partial charge >= 0.3 is 0 Å². The molecule has 2 aromatic carbocycles. The fraction of sp³-hybridized carbons (Fsp3) is 0.235. The Hall–Kier alpha value is -2.15. The first-order valence-electron chi connectivity index (χ1n) is 7.58. The Kier molecular flexibility index (Phi) is 4.94. The number of rotatable bonds is 3. The summed E-state index contributed by atoms with van der Waals surface area (Å²) < 4.78 is 0. The predicted molar refractivity (Wildman–Crippen MR) is 94.1 cm³/mol. The standard InChI is InChI=1S/C17H14Cl2N2O4/c18-13-5-2-10(7-14(13)19)17(23)20-16-12-8-11(21(24)25)4-1-9(12)3-6-15(16)22/h1-2,4-5,7-8,15-16,22H,3,6H2,(H,20,23)/t15-,16-/m1/s1. The third kappa shape index (κ3) is 3.61. The van der Waals surface area contributed by atoms with Gasteiger partial charge in [0.1, 0.15) is 0 Å². The molecule has 0 radical (unpaired) electrons. The summed E-state index contributed by atoms with van der Waals surface area (Å²) in [5.74, 6) is -0.443. The Labute approximate surface area is 153 Å². The number of amides is 1. The molecule has 0 spiro atoms. The summed E-state index contributed by atoms with van der Waals surface area (Å²) in [7, 11) is 0. The lowest BCUT2D eigenvalue weighted by Crippen LogP contribution is -2.39. The van der Waals surface area contributed by atoms with Crippen LogP contribution in [0.4, 0.5) is 5.69 Å². The van der Waals surface area contributed by atoms with Crippen molar-refractivity contribution < 1.29 is 14.8 Å². The first kappa shape index (κ1) is 17.7. The molecular formula is C17H14Cl2N2O4. The first-order chi connectivity index (χ1) is 11.9. The summed E-state index contributed by atoms with van der Waals surface area (Å²) in [4.78, 5) is 23.0. The van der Waals surface area contributed by atoms with Crippen LogP contribution in [0, 0.1) is 10.1 Å². The molecule has 25 heavy (non-hydrogen) atoms. The highest BCUT2D eigenvalue weighted by molar-refractivity contribution is 6.42. The second-order valence-electron chi connectivity index (χ2n) is 5.83. The number of carbonyl (C=O) groups is 1. The molecule has 1 aliphatic carbocycles. The van der Waals surface area contributed by atoms with Gasteiger partial charge in [0, 0.05) is 17.7 Å². The number of fused-ring (bicyclic) bond motifs is 1. The number of aliphatic hydroxyl groups is 1. The van der Waals surface area contributed by atoms with Crippen molar-refractivity contribution in [3.05, 3.63) is 73.2 Å². The molecule has 3 rings (SSSR count). The minimum atomic E-state index is -0.832. The number of benzene rings is 2. The number of aliphatic hydroxyl groups excluding tert-OH is 1. The van der Waals surface area contributed by atoms with Crippen molar-refractivity contribution >= 4 is 34.8 Å². The van der Waals surface area contributed by atoms with E-state index in [1.807, 2.05) is 0 Å². The minimum absolute atomic E-state index is 0.0818. The van der Waals surface area contributed by atoms with Crippen LogP contribution in [0.2, 0.25) is 10.0 Å². The van der Waals surface area contributed by atoms with Crippen molar-refractivity contribution in [1.82, 2.24) is 5.32 Å². The van der Waals surface area contributed by atoms with Gasteiger partial charge in [-0.05, 0) is 42.2 Å². The number of nitro benzene ring substituents is 1. The van der Waals surface area contributed by atoms with Crippen LogP contribution in [0.5, 0.6) is 0 Å². The van der Waals surface area contributed by atoms with Gasteiger partial charge < -0.3 is 10.4 Å². The number of nitrogens with one attached hydrogen (secondary N) is 1. The highest BCUT2D eigenvalue weighted by Crippen LogP contribution is 2.33. The zero-order valence-electron chi connectivity index (χ0n) is 12.9. The molecule has 8 heteroatoms. The summed E-state index contributed by atoms with van der Waals surface area (Å²) >= 11 is 11.8. The van der Waals surface area contributed by atoms with Gasteiger partial charge in [0.15, 0.2) is 0 Å². The van der Waals surface area contributed by atoms with Crippen LogP contribution in [0.25, 0.3) is 0 Å². The number of non-ortho nitro benzene ring substituents is 1. The predicted octanol–water partition coefficient (Wildman–Crippen LogP) is 3.68. The highest BCUT2D eigenvalue weighted by Gasteiger charge is 2.31. The summed E-state index contributed by atoms with van der Waals surface area (Å²) in [6.45, 7) is 0. The number of nitro groups is 1. The molecule has 0 saturated carbocycles. The van der Waals surface area contributed by atoms with E-state index >= 15 is 0 Å². The Morgan fingerprint density at radius 3 is 2.64 bits per heavy atom. The highest BCUT2D eigenvalue weighted by atomic mass is 35.5. The van der Waals surface area contributed by atoms with Crippen LogP contribution < -0.4 is 5.32 Å². The Balaban J connectivity index is 1.91. The van der Waals surface area contributed by atoms with Crippen LogP contribution in [0.3, 0.4) is 0 Å². The van der Waals surface area contributed by atoms with Crippen LogP contribution in [0.15, 0.2) is 36.4 Å². The van der Waals surface area contributed by atoms with Gasteiger partial charge in [-0.2, -0.15) is 0 Å². The van der Waals surface area contributed by atoms with Gasteiger partial charge in [-0.15, -0.1) is 0 Å². The van der Waals surface area contributed by atoms with E-state index in [0.29, 0.717) is 29.0 Å². The van der Waals surface area contributed by atoms with Gasteiger partial charge in [-0.1, -0.05) is 29.3 Å². The molecule has 1 aliphatic rings. The molecular weight excluding hydrogens is 367 g/mol. The lowest BCUT2D eigenvalue weighted by molar-refractivity contribution is -0.385. The molecule has 2 N–H and O–H groups in total. The molecule has 0 fully saturated rings. The second kappa shape index (κ2) is 7.00. The average molecular weight is 381 g/mol. The summed E-state index contributed by atoms with van der Waals surface area (Å²) in [6, 6.07) is 8.22. The molecule has 2 aromatic rings. The van der Waals surface area contributed by atoms with Crippen molar-refractivity contribution in [2.75, 3.05) is 0 Å². The molecule has 0 aliphatic heterocycles. The van der Waals surface area contributed by atoms with Gasteiger partial charge in [-0.25, -0.2) is 0 Å². The molecule has 0 bridgehead atoms. The van der Waals surface area contributed by atoms with Crippen LogP contribution in [0.1, 0.15) is 33.9 Å². The molecule has 0 saturated heterocycles. The lowest BCUT2D eigenvalue weighted by Gasteiger charge is -2.31. The molecule has 0 heterocycles. The van der Waals surface area contributed by atoms with E-state index in [0.717, 1.165) is 5.56 Å². The molecule has 0 aromatic heterocycles. The van der Waals surface area contributed by atoms with Gasteiger partial charge in [0.2, 0.25) is 0 Å². The van der Waals surface area contributed by atoms with Crippen molar-refractivity contribution in [1.29, 1.82) is 0 Å². The number of halogens is 2. The summed E-state index contributed by atoms with van der Waals surface area (Å²) in [5, 5.41) is 24.6. The molecule has 2 atom stereocenters. The lowest BCUT2D eigenvalue weighted by atomic mass is 9.85. The zero-order valence-corrected chi connectivity index (χ0v) is 14.4. The Morgan fingerprint density at radius 1 is 1.20 bits per heavy atom. The fourth-order valence-electron chi connectivity index (χ4n) is 2.93. The maximum absolute atomic E-state index is 12.5. The van der Waals surface area contributed by atoms with Gasteiger partial charge in [0.25, 0.3) is 11.6 Å². The number of nitrogens with zero attached hydrogens (tertiary/aromatic N) is 1. The topological polar surface area (TPSA) is 92.5 Å². The number of hydrogen-bond acceptors (Lipinski definition) is 4. The summed E-state index contributed by atoms with van der Waals surface area (Å²) in [6.07, 6.45) is 0.214. The van der Waals surface area contributed by atoms with E-state index in [1.165, 1.54) is 30.3 Å². The van der Waals surface area contributed by atoms with Crippen LogP contribution in [-0.4, -0.2) is 22.0 Å². The van der Waals surface area contributed by atoms with Gasteiger partial charge in [-0.3, -0.25) is 14.9 Å². The minimum Gasteiger partial charge on any atom is -0.391 e. The van der Waals surface area contributed by atoms with Crippen molar-refractivity contribution in [2.45, 2.75) is 25.0 Å². The fourth-order valence-corrected chi connectivity index (χ4v) is 3.22. The maximum Gasteiger partial charge on any atom is 0.269 e. The molecule has 1 amide bonds. The van der Waals surface area contributed by atoms with Crippen LogP contribution >= 0.6 is 23.2 Å². The quantitative estimate of drug-likeness (QED) is 0.627. The third-order valence-electron chi connectivity index (χ3n) is 4.24. The maximum atomic E-state index is 12.5. The number of aryl methyl sites for hydroxylation is 1. The van der Waals surface area contributed by atoms with Crippen molar-refractivity contribution in [3.8, 4) is 0 Å². The van der Waals surface area contributed by atoms with E-state index in [2.05, 4.69) is 5.32 Å². The monoisotopic (exact) mass is 380 g/mol. The number of carbonyl (C=O) groups excluding carboxylic acids is 1. The van der Waals surface area contributed by atoms with E-state index in [1.54, 1.807) is 6.07 Å². The van der Waals surface area contributed by atoms with Crippen LogP contribution in [-0.2, 0) is 6.42 Å². The van der Waals surface area contributed by atoms with E-state index in [9.17, 15) is 20.0 Å². The molecule has 0 unspecified atom stereocenters. The normalized spacial score (nSPS) is 19.2. The Morgan fingerprint density at radius 2 is 1.96 bits per heavy atom. The largest absolute Gasteiger partial charge is 0.391 e. The van der Waals surface area contributed by atoms with E-state index < -0.39 is 23.0 Å².